The van der Waals surface area contributed by atoms with Crippen molar-refractivity contribution in [3.05, 3.63) is 12.2 Å². The molecule has 154 valence electrons. The van der Waals surface area contributed by atoms with Crippen molar-refractivity contribution in [3.8, 4) is 0 Å². The van der Waals surface area contributed by atoms with E-state index in [4.69, 9.17) is 4.74 Å². The zero-order valence-corrected chi connectivity index (χ0v) is 19.1. The van der Waals surface area contributed by atoms with Gasteiger partial charge < -0.3 is 19.5 Å². The van der Waals surface area contributed by atoms with Crippen LogP contribution in [0.2, 0.25) is 0 Å². The van der Waals surface area contributed by atoms with Gasteiger partial charge in [0.1, 0.15) is 12.2 Å². The highest BCUT2D eigenvalue weighted by molar-refractivity contribution is 14.0. The van der Waals surface area contributed by atoms with Crippen LogP contribution in [-0.4, -0.2) is 65.0 Å². The summed E-state index contributed by atoms with van der Waals surface area (Å²) in [4.78, 5) is 6.81. The molecule has 1 saturated heterocycles. The van der Waals surface area contributed by atoms with E-state index in [0.717, 1.165) is 69.8 Å². The summed E-state index contributed by atoms with van der Waals surface area (Å²) in [5.74, 6) is 2.83. The van der Waals surface area contributed by atoms with Gasteiger partial charge >= 0.3 is 0 Å². The number of ether oxygens (including phenoxy) is 1. The van der Waals surface area contributed by atoms with E-state index in [1.165, 1.54) is 25.7 Å². The molecule has 7 nitrogen and oxygen atoms in total. The van der Waals surface area contributed by atoms with Gasteiger partial charge in [0.15, 0.2) is 5.96 Å². The minimum absolute atomic E-state index is 0. The van der Waals surface area contributed by atoms with Gasteiger partial charge in [0.2, 0.25) is 0 Å². The molecule has 8 heteroatoms. The molecule has 2 fully saturated rings. The molecule has 1 saturated carbocycles. The Labute approximate surface area is 180 Å². The number of likely N-dealkylation sites (tertiary alicyclic amines) is 1. The van der Waals surface area contributed by atoms with Crippen molar-refractivity contribution >= 4 is 29.9 Å². The van der Waals surface area contributed by atoms with Crippen molar-refractivity contribution in [1.82, 2.24) is 25.0 Å². The van der Waals surface area contributed by atoms with Crippen LogP contribution in [0, 0.1) is 5.92 Å². The quantitative estimate of drug-likeness (QED) is 0.362. The largest absolute Gasteiger partial charge is 0.378 e. The normalized spacial score (nSPS) is 19.3. The van der Waals surface area contributed by atoms with Gasteiger partial charge in [0.05, 0.1) is 6.10 Å². The molecule has 27 heavy (non-hydrogen) atoms. The first-order valence-electron chi connectivity index (χ1n) is 10.2. The van der Waals surface area contributed by atoms with Gasteiger partial charge in [0, 0.05) is 46.3 Å². The van der Waals surface area contributed by atoms with Crippen LogP contribution in [0.15, 0.2) is 11.3 Å². The van der Waals surface area contributed by atoms with E-state index in [2.05, 4.69) is 36.9 Å². The molecular weight excluding hydrogens is 455 g/mol. The Morgan fingerprint density at radius 1 is 1.26 bits per heavy atom. The van der Waals surface area contributed by atoms with Crippen LogP contribution in [0.4, 0.5) is 0 Å². The van der Waals surface area contributed by atoms with Crippen molar-refractivity contribution in [2.45, 2.75) is 64.5 Å². The highest BCUT2D eigenvalue weighted by Crippen LogP contribution is 2.26. The smallest absolute Gasteiger partial charge is 0.193 e. The van der Waals surface area contributed by atoms with Crippen LogP contribution in [-0.2, 0) is 17.7 Å². The minimum Gasteiger partial charge on any atom is -0.378 e. The fourth-order valence-electron chi connectivity index (χ4n) is 4.04. The summed E-state index contributed by atoms with van der Waals surface area (Å²) in [6.45, 7) is 6.79. The highest BCUT2D eigenvalue weighted by Gasteiger charge is 2.23. The second-order valence-electron chi connectivity index (χ2n) is 7.44. The third kappa shape index (κ3) is 6.58. The number of hydrogen-bond acceptors (Lipinski definition) is 4. The number of aliphatic imine (C=N–C) groups is 1. The molecule has 1 aliphatic carbocycles. The lowest BCUT2D eigenvalue weighted by molar-refractivity contribution is 0.00102. The summed E-state index contributed by atoms with van der Waals surface area (Å²) < 4.78 is 8.28. The standard InChI is InChI=1S/C19H34N6O.HI/c1-3-18-23-22-15-25(18)13-10-21-19(20-2)24-11-8-17(9-12-24)26-14-16-6-4-5-7-16;/h15-17H,3-14H2,1-2H3,(H,20,21);1H. The number of halogens is 1. The number of aromatic nitrogens is 3. The summed E-state index contributed by atoms with van der Waals surface area (Å²) in [5, 5.41) is 11.6. The molecule has 0 atom stereocenters. The van der Waals surface area contributed by atoms with Crippen LogP contribution in [0.5, 0.6) is 0 Å². The van der Waals surface area contributed by atoms with Gasteiger partial charge in [-0.1, -0.05) is 19.8 Å². The molecule has 1 aromatic heterocycles. The Hall–Kier alpha value is -0.900. The predicted octanol–water partition coefficient (Wildman–Crippen LogP) is 2.71. The number of nitrogens with zero attached hydrogens (tertiary/aromatic N) is 5. The van der Waals surface area contributed by atoms with E-state index < -0.39 is 0 Å². The molecule has 0 aromatic carbocycles. The maximum absolute atomic E-state index is 6.18. The maximum atomic E-state index is 6.18. The van der Waals surface area contributed by atoms with Crippen LogP contribution in [0.3, 0.4) is 0 Å². The van der Waals surface area contributed by atoms with Crippen molar-refractivity contribution in [2.24, 2.45) is 10.9 Å². The second kappa shape index (κ2) is 11.8. The van der Waals surface area contributed by atoms with Crippen LogP contribution in [0.1, 0.15) is 51.3 Å². The van der Waals surface area contributed by atoms with Crippen molar-refractivity contribution in [1.29, 1.82) is 0 Å². The monoisotopic (exact) mass is 490 g/mol. The number of rotatable bonds is 7. The first-order valence-corrected chi connectivity index (χ1v) is 10.2. The van der Waals surface area contributed by atoms with Crippen LogP contribution < -0.4 is 5.32 Å². The third-order valence-corrected chi connectivity index (χ3v) is 5.64. The number of guanidine groups is 1. The SMILES string of the molecule is CCc1nncn1CCNC(=NC)N1CCC(OCC2CCCC2)CC1.I. The first-order chi connectivity index (χ1) is 12.8. The van der Waals surface area contributed by atoms with E-state index >= 15 is 0 Å². The Kier molecular flexibility index (Phi) is 9.81. The summed E-state index contributed by atoms with van der Waals surface area (Å²) in [6.07, 6.45) is 10.8. The van der Waals surface area contributed by atoms with E-state index in [1.807, 2.05) is 7.05 Å². The van der Waals surface area contributed by atoms with E-state index in [1.54, 1.807) is 6.33 Å². The van der Waals surface area contributed by atoms with Crippen molar-refractivity contribution in [2.75, 3.05) is 33.3 Å². The number of aryl methyl sites for hydroxylation is 1. The molecular formula is C19H35IN6O. The molecule has 0 radical (unpaired) electrons. The zero-order valence-electron chi connectivity index (χ0n) is 16.8. The third-order valence-electron chi connectivity index (χ3n) is 5.64. The van der Waals surface area contributed by atoms with E-state index in [-0.39, 0.29) is 24.0 Å². The number of nitrogens with one attached hydrogen (secondary N) is 1. The van der Waals surface area contributed by atoms with Gasteiger partial charge in [-0.05, 0) is 31.6 Å². The first kappa shape index (κ1) is 22.4. The summed E-state index contributed by atoms with van der Waals surface area (Å²) in [6, 6.07) is 0. The topological polar surface area (TPSA) is 67.6 Å². The lowest BCUT2D eigenvalue weighted by Gasteiger charge is -2.34. The van der Waals surface area contributed by atoms with Crippen LogP contribution in [0.25, 0.3) is 0 Å². The molecule has 0 amide bonds. The molecule has 2 heterocycles. The van der Waals surface area contributed by atoms with Crippen molar-refractivity contribution in [3.63, 3.8) is 0 Å². The molecule has 0 bridgehead atoms. The van der Waals surface area contributed by atoms with Gasteiger partial charge in [-0.3, -0.25) is 4.99 Å². The minimum atomic E-state index is 0. The Balaban J connectivity index is 0.00000261. The summed E-state index contributed by atoms with van der Waals surface area (Å²) in [7, 11) is 1.86. The van der Waals surface area contributed by atoms with Gasteiger partial charge in [-0.2, -0.15) is 0 Å². The Morgan fingerprint density at radius 2 is 2.00 bits per heavy atom. The fraction of sp³-hybridized carbons (Fsp3) is 0.842. The molecule has 2 aliphatic rings. The van der Waals surface area contributed by atoms with Gasteiger partial charge in [-0.25, -0.2) is 0 Å². The Bertz CT molecular complexity index is 564. The second-order valence-corrected chi connectivity index (χ2v) is 7.44. The molecule has 1 aromatic rings. The summed E-state index contributed by atoms with van der Waals surface area (Å²) >= 11 is 0. The highest BCUT2D eigenvalue weighted by atomic mass is 127. The average molecular weight is 490 g/mol. The van der Waals surface area contributed by atoms with Crippen LogP contribution >= 0.6 is 24.0 Å². The molecule has 0 unspecified atom stereocenters. The lowest BCUT2D eigenvalue weighted by Crippen LogP contribution is -2.47. The molecule has 3 rings (SSSR count). The Morgan fingerprint density at radius 3 is 2.67 bits per heavy atom. The average Bonchev–Trinajstić information content (AvgIpc) is 3.35. The number of piperidine rings is 1. The summed E-state index contributed by atoms with van der Waals surface area (Å²) in [5.41, 5.74) is 0. The number of hydrogen-bond donors (Lipinski definition) is 1. The maximum Gasteiger partial charge on any atom is 0.193 e. The predicted molar refractivity (Wildman–Crippen MR) is 119 cm³/mol. The van der Waals surface area contributed by atoms with Gasteiger partial charge in [-0.15, -0.1) is 34.2 Å². The molecule has 1 N–H and O–H groups in total. The van der Waals surface area contributed by atoms with Gasteiger partial charge in [0.25, 0.3) is 0 Å². The van der Waals surface area contributed by atoms with E-state index in [0.29, 0.717) is 6.10 Å². The molecule has 1 aliphatic heterocycles. The molecule has 0 spiro atoms. The van der Waals surface area contributed by atoms with Crippen molar-refractivity contribution < 1.29 is 4.74 Å². The van der Waals surface area contributed by atoms with E-state index in [9.17, 15) is 0 Å². The lowest BCUT2D eigenvalue weighted by atomic mass is 10.1. The fourth-order valence-corrected chi connectivity index (χ4v) is 4.04. The zero-order chi connectivity index (χ0) is 18.2.